The van der Waals surface area contributed by atoms with Crippen molar-refractivity contribution in [2.75, 3.05) is 6.54 Å². The molecule has 4 heteroatoms. The molecular formula is C16H33N3O. The smallest absolute Gasteiger partial charge is 0.144 e. The Hall–Kier alpha value is -0.770. The largest absolute Gasteiger partial charge is 0.409 e. The van der Waals surface area contributed by atoms with Gasteiger partial charge in [0.2, 0.25) is 0 Å². The van der Waals surface area contributed by atoms with Crippen LogP contribution in [0.3, 0.4) is 0 Å². The van der Waals surface area contributed by atoms with Crippen molar-refractivity contribution < 1.29 is 5.21 Å². The highest BCUT2D eigenvalue weighted by Crippen LogP contribution is 2.26. The van der Waals surface area contributed by atoms with Crippen molar-refractivity contribution in [1.29, 1.82) is 0 Å². The van der Waals surface area contributed by atoms with Gasteiger partial charge in [0.1, 0.15) is 5.84 Å². The molecule has 1 fully saturated rings. The van der Waals surface area contributed by atoms with Gasteiger partial charge < -0.3 is 16.3 Å². The maximum atomic E-state index is 8.74. The summed E-state index contributed by atoms with van der Waals surface area (Å²) >= 11 is 0. The van der Waals surface area contributed by atoms with E-state index in [9.17, 15) is 0 Å². The Morgan fingerprint density at radius 1 is 1.30 bits per heavy atom. The molecule has 118 valence electrons. The number of nitrogens with zero attached hydrogens (tertiary/aromatic N) is 1. The number of nitrogens with one attached hydrogen (secondary N) is 1. The molecule has 0 bridgehead atoms. The van der Waals surface area contributed by atoms with Crippen molar-refractivity contribution in [3.63, 3.8) is 0 Å². The lowest BCUT2D eigenvalue weighted by Crippen LogP contribution is -2.35. The van der Waals surface area contributed by atoms with Gasteiger partial charge in [0.25, 0.3) is 0 Å². The van der Waals surface area contributed by atoms with E-state index in [2.05, 4.69) is 17.4 Å². The Labute approximate surface area is 124 Å². The van der Waals surface area contributed by atoms with Gasteiger partial charge in [0.05, 0.1) is 0 Å². The molecular weight excluding hydrogens is 250 g/mol. The van der Waals surface area contributed by atoms with Crippen LogP contribution in [0.4, 0.5) is 0 Å². The van der Waals surface area contributed by atoms with Crippen molar-refractivity contribution in [3.8, 4) is 0 Å². The summed E-state index contributed by atoms with van der Waals surface area (Å²) in [4.78, 5) is 0. The van der Waals surface area contributed by atoms with Crippen LogP contribution in [-0.4, -0.2) is 23.6 Å². The van der Waals surface area contributed by atoms with Crippen molar-refractivity contribution in [3.05, 3.63) is 0 Å². The van der Waals surface area contributed by atoms with E-state index in [1.54, 1.807) is 0 Å². The molecule has 1 rings (SSSR count). The maximum Gasteiger partial charge on any atom is 0.144 e. The second-order valence-corrected chi connectivity index (χ2v) is 6.97. The van der Waals surface area contributed by atoms with Gasteiger partial charge >= 0.3 is 0 Å². The number of unbranched alkanes of at least 4 members (excludes halogenated alkanes) is 1. The Balaban J connectivity index is 2.12. The fourth-order valence-corrected chi connectivity index (χ4v) is 3.09. The minimum absolute atomic E-state index is 0.205. The van der Waals surface area contributed by atoms with Crippen molar-refractivity contribution in [1.82, 2.24) is 5.32 Å². The molecule has 0 aliphatic heterocycles. The first kappa shape index (κ1) is 17.3. The molecule has 1 aliphatic carbocycles. The number of hydrogen-bond acceptors (Lipinski definition) is 3. The molecule has 0 unspecified atom stereocenters. The maximum absolute atomic E-state index is 8.74. The van der Waals surface area contributed by atoms with Crippen LogP contribution in [-0.2, 0) is 0 Å². The SMILES string of the molecule is C[C@@H](NCCCCC(C)(C)C(N)=NO)C1CCCCC1. The summed E-state index contributed by atoms with van der Waals surface area (Å²) < 4.78 is 0. The second-order valence-electron chi connectivity index (χ2n) is 6.97. The topological polar surface area (TPSA) is 70.6 Å². The van der Waals surface area contributed by atoms with Gasteiger partial charge in [-0.05, 0) is 45.1 Å². The molecule has 4 nitrogen and oxygen atoms in total. The molecule has 0 radical (unpaired) electrons. The lowest BCUT2D eigenvalue weighted by Gasteiger charge is -2.28. The molecule has 1 aliphatic rings. The molecule has 0 aromatic heterocycles. The number of amidine groups is 1. The van der Waals surface area contributed by atoms with E-state index in [0.717, 1.165) is 31.7 Å². The van der Waals surface area contributed by atoms with Gasteiger partial charge in [-0.1, -0.05) is 44.7 Å². The normalized spacial score (nSPS) is 20.1. The fraction of sp³-hybridized carbons (Fsp3) is 0.938. The molecule has 20 heavy (non-hydrogen) atoms. The van der Waals surface area contributed by atoms with Crippen LogP contribution in [0, 0.1) is 11.3 Å². The van der Waals surface area contributed by atoms with Gasteiger partial charge in [-0.25, -0.2) is 0 Å². The van der Waals surface area contributed by atoms with Crippen LogP contribution in [0.5, 0.6) is 0 Å². The van der Waals surface area contributed by atoms with Gasteiger partial charge in [-0.3, -0.25) is 0 Å². The Kier molecular flexibility index (Phi) is 7.35. The lowest BCUT2D eigenvalue weighted by atomic mass is 9.84. The summed E-state index contributed by atoms with van der Waals surface area (Å²) in [5.41, 5.74) is 5.49. The van der Waals surface area contributed by atoms with Crippen LogP contribution in [0.15, 0.2) is 5.16 Å². The predicted octanol–water partition coefficient (Wildman–Crippen LogP) is 3.49. The van der Waals surface area contributed by atoms with Crippen LogP contribution >= 0.6 is 0 Å². The van der Waals surface area contributed by atoms with E-state index in [4.69, 9.17) is 10.9 Å². The van der Waals surface area contributed by atoms with Gasteiger partial charge in [0.15, 0.2) is 0 Å². The third-order valence-electron chi connectivity index (χ3n) is 4.85. The molecule has 0 heterocycles. The summed E-state index contributed by atoms with van der Waals surface area (Å²) in [5.74, 6) is 1.21. The second kappa shape index (κ2) is 8.50. The van der Waals surface area contributed by atoms with E-state index in [1.807, 2.05) is 13.8 Å². The quantitative estimate of drug-likeness (QED) is 0.210. The standard InChI is InChI=1S/C16H33N3O/c1-13(14-9-5-4-6-10-14)18-12-8-7-11-16(2,3)15(17)19-20/h13-14,18,20H,4-12H2,1-3H3,(H2,17,19)/t13-/m1/s1. The van der Waals surface area contributed by atoms with Crippen LogP contribution < -0.4 is 11.1 Å². The highest BCUT2D eigenvalue weighted by Gasteiger charge is 2.23. The minimum atomic E-state index is -0.205. The molecule has 0 spiro atoms. The summed E-state index contributed by atoms with van der Waals surface area (Å²) in [6.07, 6.45) is 10.2. The van der Waals surface area contributed by atoms with Gasteiger partial charge in [0, 0.05) is 11.5 Å². The lowest BCUT2D eigenvalue weighted by molar-refractivity contribution is 0.279. The number of rotatable bonds is 8. The Bertz CT molecular complexity index is 296. The first-order valence-electron chi connectivity index (χ1n) is 8.19. The summed E-state index contributed by atoms with van der Waals surface area (Å²) in [5, 5.41) is 15.5. The Morgan fingerprint density at radius 3 is 2.55 bits per heavy atom. The van der Waals surface area contributed by atoms with E-state index in [0.29, 0.717) is 11.9 Å². The zero-order valence-electron chi connectivity index (χ0n) is 13.5. The minimum Gasteiger partial charge on any atom is -0.409 e. The molecule has 4 N–H and O–H groups in total. The van der Waals surface area contributed by atoms with E-state index in [-0.39, 0.29) is 5.41 Å². The third-order valence-corrected chi connectivity index (χ3v) is 4.85. The van der Waals surface area contributed by atoms with Crippen LogP contribution in [0.2, 0.25) is 0 Å². The molecule has 1 atom stereocenters. The highest BCUT2D eigenvalue weighted by atomic mass is 16.4. The summed E-state index contributed by atoms with van der Waals surface area (Å²) in [7, 11) is 0. The molecule has 1 saturated carbocycles. The molecule has 0 amide bonds. The average Bonchev–Trinajstić information content (AvgIpc) is 2.46. The van der Waals surface area contributed by atoms with Crippen LogP contribution in [0.1, 0.15) is 72.1 Å². The predicted molar refractivity (Wildman–Crippen MR) is 85.1 cm³/mol. The molecule has 0 saturated heterocycles. The van der Waals surface area contributed by atoms with E-state index >= 15 is 0 Å². The zero-order chi connectivity index (χ0) is 15.0. The Morgan fingerprint density at radius 2 is 1.95 bits per heavy atom. The molecule has 0 aromatic rings. The third kappa shape index (κ3) is 5.70. The number of nitrogens with two attached hydrogens (primary N) is 1. The van der Waals surface area contributed by atoms with E-state index < -0.39 is 0 Å². The van der Waals surface area contributed by atoms with Gasteiger partial charge in [-0.15, -0.1) is 0 Å². The van der Waals surface area contributed by atoms with Crippen molar-refractivity contribution in [2.45, 2.75) is 78.2 Å². The van der Waals surface area contributed by atoms with E-state index in [1.165, 1.54) is 32.1 Å². The van der Waals surface area contributed by atoms with Gasteiger partial charge in [-0.2, -0.15) is 0 Å². The molecule has 0 aromatic carbocycles. The first-order chi connectivity index (χ1) is 9.47. The highest BCUT2D eigenvalue weighted by molar-refractivity contribution is 5.85. The van der Waals surface area contributed by atoms with Crippen molar-refractivity contribution >= 4 is 5.84 Å². The summed E-state index contributed by atoms with van der Waals surface area (Å²) in [6.45, 7) is 7.46. The number of hydrogen-bond donors (Lipinski definition) is 3. The van der Waals surface area contributed by atoms with Crippen LogP contribution in [0.25, 0.3) is 0 Å². The zero-order valence-corrected chi connectivity index (χ0v) is 13.5. The number of oxime groups is 1. The first-order valence-corrected chi connectivity index (χ1v) is 8.19. The fourth-order valence-electron chi connectivity index (χ4n) is 3.09. The van der Waals surface area contributed by atoms with Crippen molar-refractivity contribution in [2.24, 2.45) is 22.2 Å². The monoisotopic (exact) mass is 283 g/mol. The average molecular weight is 283 g/mol. The summed E-state index contributed by atoms with van der Waals surface area (Å²) in [6, 6.07) is 0.646.